The molecule has 0 saturated carbocycles. The Morgan fingerprint density at radius 3 is 2.67 bits per heavy atom. The molecule has 0 bridgehead atoms. The first-order valence-electron chi connectivity index (χ1n) is 5.36. The molecule has 0 fully saturated rings. The van der Waals surface area contributed by atoms with Gasteiger partial charge < -0.3 is 5.73 Å². The lowest BCUT2D eigenvalue weighted by Gasteiger charge is -2.18. The smallest absolute Gasteiger partial charge is 0.111 e. The molecule has 2 atom stereocenters. The van der Waals surface area contributed by atoms with Crippen LogP contribution in [0.4, 0.5) is 0 Å². The minimum Gasteiger partial charge on any atom is -0.327 e. The lowest BCUT2D eigenvalue weighted by atomic mass is 10.2. The molecule has 0 amide bonds. The van der Waals surface area contributed by atoms with Crippen LogP contribution in [0.2, 0.25) is 0 Å². The SMILES string of the molecule is CC(N)C(Sc1ncccc1Br)c1ccc(Br)s1. The summed E-state index contributed by atoms with van der Waals surface area (Å²) in [7, 11) is 0. The van der Waals surface area contributed by atoms with Gasteiger partial charge in [-0.1, -0.05) is 11.8 Å². The molecule has 18 heavy (non-hydrogen) atoms. The van der Waals surface area contributed by atoms with Crippen molar-refractivity contribution in [3.8, 4) is 0 Å². The maximum absolute atomic E-state index is 6.10. The molecule has 0 aromatic carbocycles. The van der Waals surface area contributed by atoms with E-state index >= 15 is 0 Å². The number of nitrogens with zero attached hydrogens (tertiary/aromatic N) is 1. The Bertz CT molecular complexity index is 528. The van der Waals surface area contributed by atoms with Crippen molar-refractivity contribution in [2.24, 2.45) is 5.73 Å². The topological polar surface area (TPSA) is 38.9 Å². The van der Waals surface area contributed by atoms with Crippen LogP contribution in [0.5, 0.6) is 0 Å². The first-order valence-corrected chi connectivity index (χ1v) is 8.64. The number of rotatable bonds is 4. The zero-order valence-corrected chi connectivity index (χ0v) is 14.4. The Kier molecular flexibility index (Phi) is 5.26. The van der Waals surface area contributed by atoms with Crippen molar-refractivity contribution in [3.63, 3.8) is 0 Å². The first kappa shape index (κ1) is 14.5. The van der Waals surface area contributed by atoms with Crippen molar-refractivity contribution >= 4 is 55.0 Å². The van der Waals surface area contributed by atoms with E-state index in [2.05, 4.69) is 49.0 Å². The average molecular weight is 408 g/mol. The lowest BCUT2D eigenvalue weighted by molar-refractivity contribution is 0.728. The van der Waals surface area contributed by atoms with E-state index in [1.54, 1.807) is 29.3 Å². The van der Waals surface area contributed by atoms with Gasteiger partial charge in [0, 0.05) is 21.6 Å². The molecule has 0 aliphatic heterocycles. The molecule has 0 aliphatic carbocycles. The van der Waals surface area contributed by atoms with Crippen LogP contribution >= 0.6 is 55.0 Å². The van der Waals surface area contributed by atoms with E-state index in [1.807, 2.05) is 19.1 Å². The average Bonchev–Trinajstić information content (AvgIpc) is 2.74. The summed E-state index contributed by atoms with van der Waals surface area (Å²) in [5, 5.41) is 1.19. The number of pyridine rings is 1. The van der Waals surface area contributed by atoms with Crippen molar-refractivity contribution in [2.45, 2.75) is 23.2 Å². The van der Waals surface area contributed by atoms with Crippen LogP contribution in [-0.4, -0.2) is 11.0 Å². The van der Waals surface area contributed by atoms with Crippen LogP contribution in [0.25, 0.3) is 0 Å². The van der Waals surface area contributed by atoms with Crippen molar-refractivity contribution in [3.05, 3.63) is 43.6 Å². The van der Waals surface area contributed by atoms with Gasteiger partial charge in [-0.05, 0) is 63.0 Å². The first-order chi connectivity index (χ1) is 8.58. The van der Waals surface area contributed by atoms with Crippen molar-refractivity contribution in [2.75, 3.05) is 0 Å². The van der Waals surface area contributed by atoms with Crippen LogP contribution in [-0.2, 0) is 0 Å². The molecule has 0 saturated heterocycles. The van der Waals surface area contributed by atoms with Gasteiger partial charge in [-0.15, -0.1) is 11.3 Å². The number of aromatic nitrogens is 1. The van der Waals surface area contributed by atoms with Gasteiger partial charge in [-0.2, -0.15) is 0 Å². The fourth-order valence-electron chi connectivity index (χ4n) is 1.48. The summed E-state index contributed by atoms with van der Waals surface area (Å²) in [5.74, 6) is 0. The fraction of sp³-hybridized carbons (Fsp3) is 0.250. The van der Waals surface area contributed by atoms with E-state index in [1.165, 1.54) is 4.88 Å². The molecule has 2 nitrogen and oxygen atoms in total. The second-order valence-electron chi connectivity index (χ2n) is 3.83. The molecule has 2 aromatic heterocycles. The summed E-state index contributed by atoms with van der Waals surface area (Å²) in [6.45, 7) is 2.03. The summed E-state index contributed by atoms with van der Waals surface area (Å²) in [4.78, 5) is 5.65. The monoisotopic (exact) mass is 406 g/mol. The highest BCUT2D eigenvalue weighted by atomic mass is 79.9. The van der Waals surface area contributed by atoms with Gasteiger partial charge in [0.25, 0.3) is 0 Å². The van der Waals surface area contributed by atoms with E-state index in [-0.39, 0.29) is 11.3 Å². The van der Waals surface area contributed by atoms with Crippen LogP contribution in [0, 0.1) is 0 Å². The Morgan fingerprint density at radius 2 is 2.11 bits per heavy atom. The van der Waals surface area contributed by atoms with E-state index in [4.69, 9.17) is 5.73 Å². The summed E-state index contributed by atoms with van der Waals surface area (Å²) < 4.78 is 2.14. The fourth-order valence-corrected chi connectivity index (χ4v) is 4.78. The molecule has 96 valence electrons. The molecular formula is C12H12Br2N2S2. The summed E-state index contributed by atoms with van der Waals surface area (Å²) in [5.41, 5.74) is 6.10. The molecule has 0 aliphatic rings. The minimum atomic E-state index is 0.0643. The highest BCUT2D eigenvalue weighted by Crippen LogP contribution is 2.42. The highest BCUT2D eigenvalue weighted by molar-refractivity contribution is 9.11. The quantitative estimate of drug-likeness (QED) is 0.736. The molecule has 6 heteroatoms. The predicted octanol–water partition coefficient (Wildman–Crippen LogP) is 4.85. The Morgan fingerprint density at radius 1 is 1.33 bits per heavy atom. The molecular weight excluding hydrogens is 396 g/mol. The largest absolute Gasteiger partial charge is 0.327 e. The third kappa shape index (κ3) is 3.57. The number of thiophene rings is 1. The third-order valence-electron chi connectivity index (χ3n) is 2.32. The van der Waals surface area contributed by atoms with Crippen LogP contribution in [0.3, 0.4) is 0 Å². The van der Waals surface area contributed by atoms with Crippen LogP contribution < -0.4 is 5.73 Å². The van der Waals surface area contributed by atoms with Gasteiger partial charge in [0.1, 0.15) is 5.03 Å². The van der Waals surface area contributed by atoms with Gasteiger partial charge in [0.2, 0.25) is 0 Å². The van der Waals surface area contributed by atoms with Crippen molar-refractivity contribution < 1.29 is 0 Å². The normalized spacial score (nSPS) is 14.4. The lowest BCUT2D eigenvalue weighted by Crippen LogP contribution is -2.22. The Balaban J connectivity index is 2.25. The van der Waals surface area contributed by atoms with Crippen molar-refractivity contribution in [1.29, 1.82) is 0 Å². The molecule has 0 spiro atoms. The molecule has 2 unspecified atom stereocenters. The molecule has 0 radical (unpaired) electrons. The van der Waals surface area contributed by atoms with Gasteiger partial charge in [0.15, 0.2) is 0 Å². The van der Waals surface area contributed by atoms with Gasteiger partial charge >= 0.3 is 0 Å². The zero-order valence-electron chi connectivity index (χ0n) is 9.64. The second kappa shape index (κ2) is 6.52. The van der Waals surface area contributed by atoms with Crippen LogP contribution in [0.15, 0.2) is 43.7 Å². The Labute approximate surface area is 132 Å². The number of halogens is 2. The number of thioether (sulfide) groups is 1. The molecule has 2 aromatic rings. The maximum Gasteiger partial charge on any atom is 0.111 e. The van der Waals surface area contributed by atoms with E-state index in [0.29, 0.717) is 0 Å². The zero-order chi connectivity index (χ0) is 13.1. The number of hydrogen-bond donors (Lipinski definition) is 1. The standard InChI is InChI=1S/C12H12Br2N2S2/c1-7(15)11(9-4-5-10(14)17-9)18-12-8(13)3-2-6-16-12/h2-7,11H,15H2,1H3. The van der Waals surface area contributed by atoms with Gasteiger partial charge in [0.05, 0.1) is 9.04 Å². The number of nitrogens with two attached hydrogens (primary N) is 1. The van der Waals surface area contributed by atoms with Crippen LogP contribution in [0.1, 0.15) is 17.1 Å². The van der Waals surface area contributed by atoms with Gasteiger partial charge in [-0.25, -0.2) is 4.98 Å². The summed E-state index contributed by atoms with van der Waals surface area (Å²) in [6, 6.07) is 8.15. The molecule has 2 rings (SSSR count). The number of hydrogen-bond acceptors (Lipinski definition) is 4. The maximum atomic E-state index is 6.10. The van der Waals surface area contributed by atoms with E-state index in [0.717, 1.165) is 13.3 Å². The predicted molar refractivity (Wildman–Crippen MR) is 86.2 cm³/mol. The summed E-state index contributed by atoms with van der Waals surface area (Å²) in [6.07, 6.45) is 1.80. The summed E-state index contributed by atoms with van der Waals surface area (Å²) >= 11 is 10.4. The Hall–Kier alpha value is 0.120. The van der Waals surface area contributed by atoms with Gasteiger partial charge in [-0.3, -0.25) is 0 Å². The minimum absolute atomic E-state index is 0.0643. The van der Waals surface area contributed by atoms with Crippen molar-refractivity contribution in [1.82, 2.24) is 4.98 Å². The second-order valence-corrected chi connectivity index (χ2v) is 8.31. The molecule has 2 N–H and O–H groups in total. The highest BCUT2D eigenvalue weighted by Gasteiger charge is 2.21. The van der Waals surface area contributed by atoms with E-state index in [9.17, 15) is 0 Å². The molecule has 2 heterocycles. The third-order valence-corrected chi connectivity index (χ3v) is 6.56. The van der Waals surface area contributed by atoms with E-state index < -0.39 is 0 Å².